The third-order valence-corrected chi connectivity index (χ3v) is 5.35. The van der Waals surface area contributed by atoms with Gasteiger partial charge in [-0.3, -0.25) is 9.78 Å². The number of benzene rings is 1. The quantitative estimate of drug-likeness (QED) is 0.658. The third kappa shape index (κ3) is 4.31. The van der Waals surface area contributed by atoms with Crippen molar-refractivity contribution in [3.05, 3.63) is 77.3 Å². The molecule has 2 aromatic heterocycles. The fourth-order valence-corrected chi connectivity index (χ4v) is 3.80. The topological polar surface area (TPSA) is 68.5 Å². The number of amides is 1. The molecule has 6 nitrogen and oxygen atoms in total. The number of carbonyl (C=O) groups excluding carboxylic acids is 1. The minimum Gasteiger partial charge on any atom is -0.497 e. The number of ether oxygens (including phenoxy) is 1. The number of aromatic nitrogens is 2. The minimum atomic E-state index is -0.0176. The van der Waals surface area contributed by atoms with E-state index in [1.165, 1.54) is 0 Å². The predicted octanol–water partition coefficient (Wildman–Crippen LogP) is 4.00. The van der Waals surface area contributed by atoms with Crippen molar-refractivity contribution in [1.82, 2.24) is 14.9 Å². The molecule has 1 aliphatic rings. The molecular formula is C23H25N3O3. The van der Waals surface area contributed by atoms with Gasteiger partial charge in [0.25, 0.3) is 5.91 Å². The number of hydrogen-bond acceptors (Lipinski definition) is 5. The summed E-state index contributed by atoms with van der Waals surface area (Å²) in [5, 5.41) is 0. The zero-order valence-corrected chi connectivity index (χ0v) is 16.8. The number of aryl methyl sites for hydroxylation is 1. The molecule has 3 heterocycles. The first-order chi connectivity index (χ1) is 14.1. The molecule has 1 saturated heterocycles. The van der Waals surface area contributed by atoms with Gasteiger partial charge in [-0.25, -0.2) is 4.98 Å². The summed E-state index contributed by atoms with van der Waals surface area (Å²) in [6, 6.07) is 11.7. The number of piperidine rings is 1. The van der Waals surface area contributed by atoms with Crippen LogP contribution in [0, 0.1) is 6.92 Å². The van der Waals surface area contributed by atoms with Crippen LogP contribution in [-0.2, 0) is 6.42 Å². The zero-order chi connectivity index (χ0) is 20.2. The van der Waals surface area contributed by atoms with E-state index in [2.05, 4.69) is 9.97 Å². The monoisotopic (exact) mass is 391 g/mol. The molecule has 6 heteroatoms. The molecule has 0 spiro atoms. The lowest BCUT2D eigenvalue weighted by Gasteiger charge is -2.31. The molecule has 1 aliphatic heterocycles. The van der Waals surface area contributed by atoms with Gasteiger partial charge >= 0.3 is 0 Å². The fraction of sp³-hybridized carbons (Fsp3) is 0.348. The van der Waals surface area contributed by atoms with Gasteiger partial charge in [-0.15, -0.1) is 0 Å². The molecule has 0 radical (unpaired) electrons. The number of rotatable bonds is 5. The lowest BCUT2D eigenvalue weighted by Crippen LogP contribution is -2.39. The zero-order valence-electron chi connectivity index (χ0n) is 16.8. The SMILES string of the molecule is COc1cccc(Cc2cnc([C@@H]3CCCN(C(=O)c4ncccc4C)C3)o2)c1. The molecule has 1 fully saturated rings. The Labute approximate surface area is 170 Å². The Bertz CT molecular complexity index is 998. The second-order valence-corrected chi connectivity index (χ2v) is 7.45. The summed E-state index contributed by atoms with van der Waals surface area (Å²) >= 11 is 0. The van der Waals surface area contributed by atoms with Crippen molar-refractivity contribution in [2.24, 2.45) is 0 Å². The van der Waals surface area contributed by atoms with Crippen molar-refractivity contribution < 1.29 is 13.9 Å². The number of methoxy groups -OCH3 is 1. The summed E-state index contributed by atoms with van der Waals surface area (Å²) in [5.41, 5.74) is 2.54. The van der Waals surface area contributed by atoms with E-state index < -0.39 is 0 Å². The van der Waals surface area contributed by atoms with Crippen LogP contribution in [-0.4, -0.2) is 41.0 Å². The molecule has 0 unspecified atom stereocenters. The summed E-state index contributed by atoms with van der Waals surface area (Å²) in [6.45, 7) is 3.26. The average Bonchev–Trinajstić information content (AvgIpc) is 3.22. The van der Waals surface area contributed by atoms with Gasteiger partial charge in [0, 0.05) is 25.7 Å². The highest BCUT2D eigenvalue weighted by molar-refractivity contribution is 5.93. The van der Waals surface area contributed by atoms with Crippen LogP contribution in [0.4, 0.5) is 0 Å². The number of likely N-dealkylation sites (tertiary alicyclic amines) is 1. The van der Waals surface area contributed by atoms with Crippen molar-refractivity contribution in [3.63, 3.8) is 0 Å². The van der Waals surface area contributed by atoms with Crippen LogP contribution in [0.2, 0.25) is 0 Å². The van der Waals surface area contributed by atoms with E-state index in [9.17, 15) is 4.79 Å². The molecule has 0 saturated carbocycles. The Hall–Kier alpha value is -3.15. The number of pyridine rings is 1. The highest BCUT2D eigenvalue weighted by Gasteiger charge is 2.29. The molecule has 3 aromatic rings. The van der Waals surface area contributed by atoms with Gasteiger partial charge in [-0.1, -0.05) is 18.2 Å². The maximum Gasteiger partial charge on any atom is 0.272 e. The summed E-state index contributed by atoms with van der Waals surface area (Å²) in [7, 11) is 1.66. The lowest BCUT2D eigenvalue weighted by molar-refractivity contribution is 0.0691. The Morgan fingerprint density at radius 2 is 2.17 bits per heavy atom. The van der Waals surface area contributed by atoms with Gasteiger partial charge in [-0.2, -0.15) is 0 Å². The molecule has 1 aromatic carbocycles. The van der Waals surface area contributed by atoms with Gasteiger partial charge in [0.05, 0.1) is 19.2 Å². The average molecular weight is 391 g/mol. The van der Waals surface area contributed by atoms with Crippen molar-refractivity contribution in [2.45, 2.75) is 32.1 Å². The van der Waals surface area contributed by atoms with E-state index in [0.717, 1.165) is 42.0 Å². The van der Waals surface area contributed by atoms with Gasteiger partial charge in [0.15, 0.2) is 5.89 Å². The van der Waals surface area contributed by atoms with E-state index >= 15 is 0 Å². The van der Waals surface area contributed by atoms with Gasteiger partial charge in [-0.05, 0) is 49.1 Å². The normalized spacial score (nSPS) is 16.6. The number of oxazole rings is 1. The van der Waals surface area contributed by atoms with E-state index in [4.69, 9.17) is 9.15 Å². The first-order valence-corrected chi connectivity index (χ1v) is 9.92. The van der Waals surface area contributed by atoms with Gasteiger partial charge in [0.1, 0.15) is 17.2 Å². The van der Waals surface area contributed by atoms with E-state index in [0.29, 0.717) is 24.6 Å². The third-order valence-electron chi connectivity index (χ3n) is 5.35. The maximum atomic E-state index is 12.9. The minimum absolute atomic E-state index is 0.0176. The first kappa shape index (κ1) is 19.2. The molecule has 0 aliphatic carbocycles. The number of carbonyl (C=O) groups is 1. The number of nitrogens with zero attached hydrogens (tertiary/aromatic N) is 3. The second kappa shape index (κ2) is 8.47. The Kier molecular flexibility index (Phi) is 5.60. The van der Waals surface area contributed by atoms with E-state index in [1.54, 1.807) is 19.5 Å². The Balaban J connectivity index is 1.45. The largest absolute Gasteiger partial charge is 0.497 e. The van der Waals surface area contributed by atoms with Crippen molar-refractivity contribution in [1.29, 1.82) is 0 Å². The van der Waals surface area contributed by atoms with Crippen LogP contribution >= 0.6 is 0 Å². The summed E-state index contributed by atoms with van der Waals surface area (Å²) in [6.07, 6.45) is 6.01. The van der Waals surface area contributed by atoms with Gasteiger partial charge < -0.3 is 14.1 Å². The summed E-state index contributed by atoms with van der Waals surface area (Å²) in [4.78, 5) is 23.6. The fourth-order valence-electron chi connectivity index (χ4n) is 3.80. The highest BCUT2D eigenvalue weighted by Crippen LogP contribution is 2.28. The van der Waals surface area contributed by atoms with Crippen molar-refractivity contribution in [3.8, 4) is 5.75 Å². The smallest absolute Gasteiger partial charge is 0.272 e. The van der Waals surface area contributed by atoms with Crippen LogP contribution < -0.4 is 4.74 Å². The molecule has 150 valence electrons. The Morgan fingerprint density at radius 3 is 3.00 bits per heavy atom. The van der Waals surface area contributed by atoms with Crippen LogP contribution in [0.25, 0.3) is 0 Å². The summed E-state index contributed by atoms with van der Waals surface area (Å²) < 4.78 is 11.3. The standard InChI is InChI=1S/C23H25N3O3/c1-16-6-4-10-24-21(16)23(27)26-11-5-8-18(15-26)22-25-14-20(29-22)13-17-7-3-9-19(12-17)28-2/h3-4,6-7,9-10,12,14,18H,5,8,11,13,15H2,1-2H3/t18-/m1/s1. The Morgan fingerprint density at radius 1 is 1.28 bits per heavy atom. The molecule has 4 rings (SSSR count). The molecule has 1 atom stereocenters. The molecule has 29 heavy (non-hydrogen) atoms. The van der Waals surface area contributed by atoms with E-state index in [-0.39, 0.29) is 11.8 Å². The van der Waals surface area contributed by atoms with Crippen LogP contribution in [0.1, 0.15) is 52.0 Å². The summed E-state index contributed by atoms with van der Waals surface area (Å²) in [5.74, 6) is 2.44. The number of hydrogen-bond donors (Lipinski definition) is 0. The molecule has 0 bridgehead atoms. The van der Waals surface area contributed by atoms with Crippen LogP contribution in [0.15, 0.2) is 53.2 Å². The maximum absolute atomic E-state index is 12.9. The predicted molar refractivity (Wildman–Crippen MR) is 109 cm³/mol. The molecule has 1 amide bonds. The van der Waals surface area contributed by atoms with Crippen LogP contribution in [0.3, 0.4) is 0 Å². The van der Waals surface area contributed by atoms with E-state index in [1.807, 2.05) is 48.2 Å². The lowest BCUT2D eigenvalue weighted by atomic mass is 9.97. The molecular weight excluding hydrogens is 366 g/mol. The van der Waals surface area contributed by atoms with Gasteiger partial charge in [0.2, 0.25) is 0 Å². The van der Waals surface area contributed by atoms with Crippen molar-refractivity contribution in [2.75, 3.05) is 20.2 Å². The highest BCUT2D eigenvalue weighted by atomic mass is 16.5. The first-order valence-electron chi connectivity index (χ1n) is 9.92. The van der Waals surface area contributed by atoms with Crippen LogP contribution in [0.5, 0.6) is 5.75 Å². The second-order valence-electron chi connectivity index (χ2n) is 7.45. The van der Waals surface area contributed by atoms with Crippen molar-refractivity contribution >= 4 is 5.91 Å². The molecule has 0 N–H and O–H groups in total.